The maximum Gasteiger partial charge on any atom is 0.223 e. The van der Waals surface area contributed by atoms with Gasteiger partial charge in [-0.05, 0) is 30.0 Å². The van der Waals surface area contributed by atoms with Crippen LogP contribution in [0.3, 0.4) is 0 Å². The zero-order valence-electron chi connectivity index (χ0n) is 9.69. The molecule has 0 aliphatic heterocycles. The molecule has 1 aromatic rings. The van der Waals surface area contributed by atoms with Crippen LogP contribution in [0.25, 0.3) is 0 Å². The summed E-state index contributed by atoms with van der Waals surface area (Å²) in [6.45, 7) is 2.69. The molecule has 1 N–H and O–H groups in total. The molecule has 1 fully saturated rings. The van der Waals surface area contributed by atoms with Crippen molar-refractivity contribution >= 4 is 5.91 Å². The second-order valence-corrected chi connectivity index (χ2v) is 4.39. The van der Waals surface area contributed by atoms with Gasteiger partial charge in [0.25, 0.3) is 0 Å². The van der Waals surface area contributed by atoms with Gasteiger partial charge in [-0.3, -0.25) is 4.79 Å². The van der Waals surface area contributed by atoms with E-state index in [1.165, 1.54) is 0 Å². The Labute approximate surface area is 95.8 Å². The lowest BCUT2D eigenvalue weighted by Crippen LogP contribution is -2.24. The van der Waals surface area contributed by atoms with E-state index >= 15 is 0 Å². The van der Waals surface area contributed by atoms with Crippen molar-refractivity contribution in [2.75, 3.05) is 7.11 Å². The molecule has 16 heavy (non-hydrogen) atoms. The van der Waals surface area contributed by atoms with Gasteiger partial charge < -0.3 is 10.1 Å². The smallest absolute Gasteiger partial charge is 0.223 e. The average molecular weight is 219 g/mol. The maximum absolute atomic E-state index is 11.6. The molecule has 0 unspecified atom stereocenters. The highest BCUT2D eigenvalue weighted by Crippen LogP contribution is 2.37. The van der Waals surface area contributed by atoms with E-state index in [4.69, 9.17) is 4.74 Å². The van der Waals surface area contributed by atoms with Gasteiger partial charge in [0, 0.05) is 12.5 Å². The van der Waals surface area contributed by atoms with Crippen LogP contribution in [0.15, 0.2) is 24.3 Å². The molecule has 0 bridgehead atoms. The van der Waals surface area contributed by atoms with Crippen LogP contribution in [-0.4, -0.2) is 13.0 Å². The van der Waals surface area contributed by atoms with Gasteiger partial charge in [0.15, 0.2) is 0 Å². The van der Waals surface area contributed by atoms with E-state index in [1.807, 2.05) is 24.3 Å². The van der Waals surface area contributed by atoms with Gasteiger partial charge in [-0.15, -0.1) is 0 Å². The van der Waals surface area contributed by atoms with Crippen LogP contribution in [0.4, 0.5) is 0 Å². The minimum atomic E-state index is 0.176. The zero-order valence-corrected chi connectivity index (χ0v) is 9.69. The molecule has 0 heterocycles. The molecule has 1 aromatic carbocycles. The lowest BCUT2D eigenvalue weighted by Gasteiger charge is -2.06. The summed E-state index contributed by atoms with van der Waals surface area (Å²) in [5.74, 6) is 1.80. The fourth-order valence-corrected chi connectivity index (χ4v) is 1.79. The Bertz CT molecular complexity index is 389. The third kappa shape index (κ3) is 2.54. The fourth-order valence-electron chi connectivity index (χ4n) is 1.79. The van der Waals surface area contributed by atoms with Crippen molar-refractivity contribution in [3.63, 3.8) is 0 Å². The summed E-state index contributed by atoms with van der Waals surface area (Å²) in [6, 6.07) is 7.75. The van der Waals surface area contributed by atoms with Gasteiger partial charge in [0.2, 0.25) is 5.91 Å². The Morgan fingerprint density at radius 1 is 1.56 bits per heavy atom. The van der Waals surface area contributed by atoms with Crippen molar-refractivity contribution in [2.45, 2.75) is 19.9 Å². The van der Waals surface area contributed by atoms with Crippen LogP contribution >= 0.6 is 0 Å². The third-order valence-corrected chi connectivity index (χ3v) is 3.05. The Morgan fingerprint density at radius 3 is 2.94 bits per heavy atom. The highest BCUT2D eigenvalue weighted by Gasteiger charge is 2.38. The Balaban J connectivity index is 1.86. The van der Waals surface area contributed by atoms with Gasteiger partial charge in [-0.25, -0.2) is 0 Å². The molecule has 0 aromatic heterocycles. The molecule has 2 atom stereocenters. The number of amides is 1. The standard InChI is InChI=1S/C13H17NO2/c1-9-6-12(9)13(15)14-8-10-4-3-5-11(7-10)16-2/h3-5,7,9,12H,6,8H2,1-2H3,(H,14,15)/t9-,12+/m0/s1. The Morgan fingerprint density at radius 2 is 2.31 bits per heavy atom. The molecule has 3 nitrogen and oxygen atoms in total. The first kappa shape index (κ1) is 11.0. The van der Waals surface area contributed by atoms with Gasteiger partial charge >= 0.3 is 0 Å². The van der Waals surface area contributed by atoms with E-state index in [9.17, 15) is 4.79 Å². The van der Waals surface area contributed by atoms with Crippen LogP contribution in [0.2, 0.25) is 0 Å². The molecule has 86 valence electrons. The number of hydrogen-bond donors (Lipinski definition) is 1. The molecular formula is C13H17NO2. The molecule has 1 aliphatic carbocycles. The molecule has 0 radical (unpaired) electrons. The van der Waals surface area contributed by atoms with Crippen LogP contribution in [0, 0.1) is 11.8 Å². The number of carbonyl (C=O) groups is 1. The maximum atomic E-state index is 11.6. The highest BCUT2D eigenvalue weighted by molar-refractivity contribution is 5.81. The first-order valence-electron chi connectivity index (χ1n) is 5.61. The van der Waals surface area contributed by atoms with Gasteiger partial charge in [0.05, 0.1) is 7.11 Å². The van der Waals surface area contributed by atoms with E-state index in [0.29, 0.717) is 12.5 Å². The fraction of sp³-hybridized carbons (Fsp3) is 0.462. The normalized spacial score (nSPS) is 22.6. The largest absolute Gasteiger partial charge is 0.497 e. The van der Waals surface area contributed by atoms with Crippen LogP contribution in [-0.2, 0) is 11.3 Å². The number of carbonyl (C=O) groups excluding carboxylic acids is 1. The molecule has 0 spiro atoms. The second kappa shape index (κ2) is 4.56. The van der Waals surface area contributed by atoms with Crippen molar-refractivity contribution in [3.8, 4) is 5.75 Å². The van der Waals surface area contributed by atoms with Gasteiger partial charge in [0.1, 0.15) is 5.75 Å². The molecule has 1 saturated carbocycles. The van der Waals surface area contributed by atoms with Crippen molar-refractivity contribution in [1.29, 1.82) is 0 Å². The van der Waals surface area contributed by atoms with E-state index in [2.05, 4.69) is 12.2 Å². The number of benzene rings is 1. The topological polar surface area (TPSA) is 38.3 Å². The number of rotatable bonds is 4. The Hall–Kier alpha value is -1.51. The van der Waals surface area contributed by atoms with Gasteiger partial charge in [-0.2, -0.15) is 0 Å². The van der Waals surface area contributed by atoms with Crippen molar-refractivity contribution in [1.82, 2.24) is 5.32 Å². The summed E-state index contributed by atoms with van der Waals surface area (Å²) in [5, 5.41) is 2.95. The molecule has 2 rings (SSSR count). The van der Waals surface area contributed by atoms with E-state index in [0.717, 1.165) is 17.7 Å². The van der Waals surface area contributed by atoms with Crippen molar-refractivity contribution < 1.29 is 9.53 Å². The number of nitrogens with one attached hydrogen (secondary N) is 1. The van der Waals surface area contributed by atoms with Crippen molar-refractivity contribution in [2.24, 2.45) is 11.8 Å². The van der Waals surface area contributed by atoms with E-state index in [-0.39, 0.29) is 11.8 Å². The summed E-state index contributed by atoms with van der Waals surface area (Å²) >= 11 is 0. The first-order valence-corrected chi connectivity index (χ1v) is 5.61. The lowest BCUT2D eigenvalue weighted by atomic mass is 10.2. The number of methoxy groups -OCH3 is 1. The predicted octanol–water partition coefficient (Wildman–Crippen LogP) is 1.97. The summed E-state index contributed by atoms with van der Waals surface area (Å²) in [7, 11) is 1.64. The zero-order chi connectivity index (χ0) is 11.5. The Kier molecular flexibility index (Phi) is 3.13. The molecule has 3 heteroatoms. The minimum Gasteiger partial charge on any atom is -0.497 e. The molecule has 0 saturated heterocycles. The summed E-state index contributed by atoms with van der Waals surface area (Å²) < 4.78 is 5.13. The monoisotopic (exact) mass is 219 g/mol. The second-order valence-electron chi connectivity index (χ2n) is 4.39. The number of hydrogen-bond acceptors (Lipinski definition) is 2. The SMILES string of the molecule is COc1cccc(CNC(=O)[C@@H]2C[C@@H]2C)c1. The summed E-state index contributed by atoms with van der Waals surface area (Å²) in [5.41, 5.74) is 1.07. The van der Waals surface area contributed by atoms with Gasteiger partial charge in [-0.1, -0.05) is 19.1 Å². The van der Waals surface area contributed by atoms with Crippen LogP contribution in [0.5, 0.6) is 5.75 Å². The third-order valence-electron chi connectivity index (χ3n) is 3.05. The summed E-state index contributed by atoms with van der Waals surface area (Å²) in [6.07, 6.45) is 1.03. The highest BCUT2D eigenvalue weighted by atomic mass is 16.5. The predicted molar refractivity (Wildman–Crippen MR) is 62.1 cm³/mol. The molecular weight excluding hydrogens is 202 g/mol. The van der Waals surface area contributed by atoms with Crippen molar-refractivity contribution in [3.05, 3.63) is 29.8 Å². The molecule has 1 amide bonds. The molecule has 1 aliphatic rings. The van der Waals surface area contributed by atoms with E-state index in [1.54, 1.807) is 7.11 Å². The van der Waals surface area contributed by atoms with Crippen LogP contribution < -0.4 is 10.1 Å². The lowest BCUT2D eigenvalue weighted by molar-refractivity contribution is -0.122. The average Bonchev–Trinajstić information content (AvgIpc) is 3.04. The quantitative estimate of drug-likeness (QED) is 0.840. The first-order chi connectivity index (χ1) is 7.70. The van der Waals surface area contributed by atoms with E-state index < -0.39 is 0 Å². The summed E-state index contributed by atoms with van der Waals surface area (Å²) in [4.78, 5) is 11.6. The van der Waals surface area contributed by atoms with Crippen LogP contribution in [0.1, 0.15) is 18.9 Å². The number of ether oxygens (including phenoxy) is 1. The minimum absolute atomic E-state index is 0.176.